The molecule has 1 amide bonds. The first-order valence-corrected chi connectivity index (χ1v) is 8.56. The fraction of sp³-hybridized carbons (Fsp3) is 0.500. The molecule has 1 N–H and O–H groups in total. The average molecular weight is 363 g/mol. The number of nitrogens with zero attached hydrogens (tertiary/aromatic N) is 3. The molecule has 0 bridgehead atoms. The van der Waals surface area contributed by atoms with Crippen LogP contribution in [0.2, 0.25) is 0 Å². The molecular formula is C18H23ClN4O2. The van der Waals surface area contributed by atoms with Crippen LogP contribution < -0.4 is 10.7 Å². The third kappa shape index (κ3) is 3.04. The fourth-order valence-corrected chi connectivity index (χ4v) is 4.02. The lowest BCUT2D eigenvalue weighted by Crippen LogP contribution is -2.45. The molecule has 2 saturated heterocycles. The van der Waals surface area contributed by atoms with Crippen molar-refractivity contribution in [1.29, 1.82) is 0 Å². The van der Waals surface area contributed by atoms with Gasteiger partial charge in [0.25, 0.3) is 5.91 Å². The van der Waals surface area contributed by atoms with Gasteiger partial charge in [-0.1, -0.05) is 12.1 Å². The standard InChI is InChI=1S/C18H22N4O2.ClH/c1-21-14-5-3-2-4-13(14)16(23)15(20-21)17(24)22-10-7-18(8-11-22)6-9-19-12-18;/h2-5,19H,6-12H2,1H3;1H. The molecular weight excluding hydrogens is 340 g/mol. The maximum atomic E-state index is 12.9. The highest BCUT2D eigenvalue weighted by molar-refractivity contribution is 5.95. The third-order valence-electron chi connectivity index (χ3n) is 5.61. The van der Waals surface area contributed by atoms with Crippen LogP contribution in [0.5, 0.6) is 0 Å². The molecule has 0 unspecified atom stereocenters. The predicted octanol–water partition coefficient (Wildman–Crippen LogP) is 1.57. The summed E-state index contributed by atoms with van der Waals surface area (Å²) >= 11 is 0. The summed E-state index contributed by atoms with van der Waals surface area (Å²) in [6.07, 6.45) is 3.18. The number of amides is 1. The van der Waals surface area contributed by atoms with E-state index in [1.54, 1.807) is 22.7 Å². The molecule has 0 radical (unpaired) electrons. The molecule has 2 aliphatic heterocycles. The van der Waals surface area contributed by atoms with Crippen LogP contribution in [0.25, 0.3) is 10.9 Å². The molecule has 0 saturated carbocycles. The third-order valence-corrected chi connectivity index (χ3v) is 5.61. The number of aryl methyl sites for hydroxylation is 1. The van der Waals surface area contributed by atoms with Crippen molar-refractivity contribution in [2.75, 3.05) is 26.2 Å². The average Bonchev–Trinajstić information content (AvgIpc) is 3.06. The zero-order valence-electron chi connectivity index (χ0n) is 14.3. The summed E-state index contributed by atoms with van der Waals surface area (Å²) in [4.78, 5) is 27.3. The Balaban J connectivity index is 0.00000182. The number of aromatic nitrogens is 2. The van der Waals surface area contributed by atoms with E-state index in [1.165, 1.54) is 6.42 Å². The number of piperidine rings is 1. The molecule has 6 nitrogen and oxygen atoms in total. The van der Waals surface area contributed by atoms with E-state index >= 15 is 0 Å². The van der Waals surface area contributed by atoms with Crippen molar-refractivity contribution in [2.45, 2.75) is 19.3 Å². The van der Waals surface area contributed by atoms with Crippen molar-refractivity contribution in [3.63, 3.8) is 0 Å². The molecule has 2 fully saturated rings. The summed E-state index contributed by atoms with van der Waals surface area (Å²) in [6, 6.07) is 7.28. The van der Waals surface area contributed by atoms with Gasteiger partial charge in [-0.2, -0.15) is 5.10 Å². The van der Waals surface area contributed by atoms with Crippen LogP contribution in [0.3, 0.4) is 0 Å². The van der Waals surface area contributed by atoms with E-state index in [2.05, 4.69) is 10.4 Å². The lowest BCUT2D eigenvalue weighted by Gasteiger charge is -2.38. The second-order valence-corrected chi connectivity index (χ2v) is 7.04. The zero-order valence-corrected chi connectivity index (χ0v) is 15.1. The van der Waals surface area contributed by atoms with Crippen LogP contribution in [0.15, 0.2) is 29.1 Å². The van der Waals surface area contributed by atoms with Gasteiger partial charge in [-0.05, 0) is 43.4 Å². The Kier molecular flexibility index (Phi) is 4.84. The molecule has 0 aliphatic carbocycles. The summed E-state index contributed by atoms with van der Waals surface area (Å²) in [7, 11) is 1.77. The van der Waals surface area contributed by atoms with Crippen LogP contribution >= 0.6 is 12.4 Å². The van der Waals surface area contributed by atoms with E-state index < -0.39 is 0 Å². The van der Waals surface area contributed by atoms with E-state index in [0.29, 0.717) is 23.9 Å². The number of hydrogen-bond acceptors (Lipinski definition) is 4. The molecule has 1 aromatic heterocycles. The predicted molar refractivity (Wildman–Crippen MR) is 99.3 cm³/mol. The number of likely N-dealkylation sites (tertiary alicyclic amines) is 1. The smallest absolute Gasteiger partial charge is 0.278 e. The van der Waals surface area contributed by atoms with Gasteiger partial charge in [-0.25, -0.2) is 0 Å². The number of carbonyl (C=O) groups excluding carboxylic acids is 1. The maximum Gasteiger partial charge on any atom is 0.278 e. The van der Waals surface area contributed by atoms with Gasteiger partial charge < -0.3 is 10.2 Å². The Morgan fingerprint density at radius 2 is 1.92 bits per heavy atom. The van der Waals surface area contributed by atoms with Gasteiger partial charge in [0.2, 0.25) is 5.43 Å². The van der Waals surface area contributed by atoms with Crippen molar-refractivity contribution in [3.8, 4) is 0 Å². The van der Waals surface area contributed by atoms with Gasteiger partial charge in [0.15, 0.2) is 5.69 Å². The highest BCUT2D eigenvalue weighted by Gasteiger charge is 2.38. The van der Waals surface area contributed by atoms with Crippen LogP contribution in [-0.2, 0) is 7.05 Å². The molecule has 134 valence electrons. The van der Waals surface area contributed by atoms with E-state index in [1.807, 2.05) is 18.2 Å². The molecule has 1 spiro atoms. The van der Waals surface area contributed by atoms with Gasteiger partial charge in [0.05, 0.1) is 5.52 Å². The van der Waals surface area contributed by atoms with Gasteiger partial charge >= 0.3 is 0 Å². The number of fused-ring (bicyclic) bond motifs is 1. The Morgan fingerprint density at radius 1 is 1.20 bits per heavy atom. The SMILES string of the molecule is Cl.Cn1nc(C(=O)N2CCC3(CCNC3)CC2)c(=O)c2ccccc21. The Hall–Kier alpha value is -1.92. The Labute approximate surface area is 152 Å². The Morgan fingerprint density at radius 3 is 2.60 bits per heavy atom. The topological polar surface area (TPSA) is 67.2 Å². The summed E-state index contributed by atoms with van der Waals surface area (Å²) in [5.74, 6) is -0.234. The highest BCUT2D eigenvalue weighted by Crippen LogP contribution is 2.37. The molecule has 3 heterocycles. The van der Waals surface area contributed by atoms with E-state index in [-0.39, 0.29) is 29.4 Å². The zero-order chi connectivity index (χ0) is 16.7. The van der Waals surface area contributed by atoms with Gasteiger partial charge in [-0.3, -0.25) is 14.3 Å². The number of carbonyl (C=O) groups is 1. The van der Waals surface area contributed by atoms with Crippen LogP contribution in [0, 0.1) is 5.41 Å². The van der Waals surface area contributed by atoms with Crippen LogP contribution in [0.1, 0.15) is 29.8 Å². The Bertz CT molecular complexity index is 848. The van der Waals surface area contributed by atoms with Gasteiger partial charge in [0.1, 0.15) is 0 Å². The van der Waals surface area contributed by atoms with Crippen molar-refractivity contribution in [1.82, 2.24) is 20.0 Å². The molecule has 4 rings (SSSR count). The minimum absolute atomic E-state index is 0. The molecule has 7 heteroatoms. The quantitative estimate of drug-likeness (QED) is 0.836. The number of hydrogen-bond donors (Lipinski definition) is 1. The molecule has 2 aliphatic rings. The van der Waals surface area contributed by atoms with Crippen LogP contribution in [0.4, 0.5) is 0 Å². The molecule has 1 aromatic carbocycles. The minimum atomic E-state index is -0.267. The van der Waals surface area contributed by atoms with E-state index in [9.17, 15) is 9.59 Å². The summed E-state index contributed by atoms with van der Waals surface area (Å²) in [5.41, 5.74) is 0.861. The number of halogens is 1. The number of para-hydroxylation sites is 1. The second kappa shape index (κ2) is 6.77. The van der Waals surface area contributed by atoms with Gasteiger partial charge in [0, 0.05) is 32.1 Å². The summed E-state index contributed by atoms with van der Waals surface area (Å²) in [6.45, 7) is 3.53. The maximum absolute atomic E-state index is 12.9. The monoisotopic (exact) mass is 362 g/mol. The van der Waals surface area contributed by atoms with Crippen LogP contribution in [-0.4, -0.2) is 46.8 Å². The fourth-order valence-electron chi connectivity index (χ4n) is 4.02. The first kappa shape index (κ1) is 17.9. The normalized spacial score (nSPS) is 19.2. The summed E-state index contributed by atoms with van der Waals surface area (Å²) in [5, 5.41) is 8.24. The number of nitrogens with one attached hydrogen (secondary N) is 1. The summed E-state index contributed by atoms with van der Waals surface area (Å²) < 4.78 is 1.62. The number of rotatable bonds is 1. The minimum Gasteiger partial charge on any atom is -0.337 e. The van der Waals surface area contributed by atoms with E-state index in [0.717, 1.165) is 31.4 Å². The van der Waals surface area contributed by atoms with Crippen molar-refractivity contribution in [2.24, 2.45) is 12.5 Å². The second-order valence-electron chi connectivity index (χ2n) is 7.04. The highest BCUT2D eigenvalue weighted by atomic mass is 35.5. The van der Waals surface area contributed by atoms with E-state index in [4.69, 9.17) is 0 Å². The number of benzene rings is 1. The molecule has 2 aromatic rings. The lowest BCUT2D eigenvalue weighted by atomic mass is 9.78. The van der Waals surface area contributed by atoms with Gasteiger partial charge in [-0.15, -0.1) is 12.4 Å². The molecule has 0 atom stereocenters. The first-order valence-electron chi connectivity index (χ1n) is 8.56. The largest absolute Gasteiger partial charge is 0.337 e. The lowest BCUT2D eigenvalue weighted by molar-refractivity contribution is 0.0598. The van der Waals surface area contributed by atoms with Crippen molar-refractivity contribution >= 4 is 29.2 Å². The first-order chi connectivity index (χ1) is 11.6. The van der Waals surface area contributed by atoms with Crippen molar-refractivity contribution < 1.29 is 4.79 Å². The van der Waals surface area contributed by atoms with Crippen molar-refractivity contribution in [3.05, 3.63) is 40.2 Å². The molecule has 25 heavy (non-hydrogen) atoms.